The second kappa shape index (κ2) is 33.6. The first kappa shape index (κ1) is 79.1. The molecule has 0 saturated carbocycles. The molecule has 7 aromatic rings. The van der Waals surface area contributed by atoms with Crippen molar-refractivity contribution in [2.75, 3.05) is 0 Å². The molecule has 0 saturated heterocycles. The molecule has 7 aromatic carbocycles. The van der Waals surface area contributed by atoms with Crippen molar-refractivity contribution in [1.29, 1.82) is 0 Å². The average molecular weight is 1320 g/mol. The van der Waals surface area contributed by atoms with Crippen molar-refractivity contribution in [3.8, 4) is 34.5 Å². The Kier molecular flexibility index (Phi) is 30.6. The van der Waals surface area contributed by atoms with Crippen molar-refractivity contribution in [3.05, 3.63) is 209 Å². The number of halogens is 6. The molecule has 0 aliphatic carbocycles. The molecule has 0 aromatic heterocycles. The molecule has 24 heteroatoms. The third-order valence-electron chi connectivity index (χ3n) is 12.8. The van der Waals surface area contributed by atoms with Gasteiger partial charge in [0.25, 0.3) is 0 Å². The second-order valence-corrected chi connectivity index (χ2v) is 23.9. The Morgan fingerprint density at radius 2 is 0.460 bits per heavy atom. The minimum absolute atomic E-state index is 0. The van der Waals surface area contributed by atoms with Gasteiger partial charge in [-0.2, -0.15) is 26.3 Å². The van der Waals surface area contributed by atoms with Gasteiger partial charge in [-0.1, -0.05) is 175 Å². The van der Waals surface area contributed by atoms with Gasteiger partial charge in [0.05, 0.1) is 0 Å². The Balaban J connectivity index is 0.000000628. The number of benzene rings is 7. The van der Waals surface area contributed by atoms with Crippen LogP contribution in [0.4, 0.5) is 26.3 Å². The molecule has 0 atom stereocenters. The molecule has 0 amide bonds. The third-order valence-corrected chi connectivity index (χ3v) is 14.0. The van der Waals surface area contributed by atoms with Crippen LogP contribution in [-0.2, 0) is 103 Å². The van der Waals surface area contributed by atoms with Crippen LogP contribution in [0.3, 0.4) is 0 Å². The minimum atomic E-state index is -6.09. The molecule has 0 spiro atoms. The number of rotatable bonds is 12. The largest absolute Gasteiger partial charge is 4.00 e. The monoisotopic (exact) mass is 1320 g/mol. The van der Waals surface area contributed by atoms with E-state index in [1.165, 1.54) is 5.56 Å². The van der Waals surface area contributed by atoms with Gasteiger partial charge in [-0.15, -0.1) is 34.5 Å². The van der Waals surface area contributed by atoms with Gasteiger partial charge in [-0.3, -0.25) is 9.80 Å². The van der Waals surface area contributed by atoms with Crippen molar-refractivity contribution >= 4 is 20.2 Å². The van der Waals surface area contributed by atoms with Gasteiger partial charge in [0.1, 0.15) is 0 Å². The molecule has 0 radical (unpaired) electrons. The van der Waals surface area contributed by atoms with Crippen LogP contribution < -0.4 is 30.6 Å². The standard InChI is InChI=1S/2C27H33NO3.C7H8.2CHF3O3S.2Ti/c2*1-16-7-19(4)25(29)22(10-16)13-28(14-23-11-17(2)8-20(5)26(23)30)15-24-12-18(3)9-21(6)27(24)31;1-7-5-3-2-4-6-7;2*2-1(3,4)8(5,6)7;;/h2*7-12,29-31H,13-15H2,1-6H3;2-6H,1H3;2*(H,5,6,7);;/q;;;;;2*+4/p-8. The number of alkyl halides is 6. The van der Waals surface area contributed by atoms with Gasteiger partial charge >= 0.3 is 54.5 Å². The van der Waals surface area contributed by atoms with Gasteiger partial charge in [-0.05, 0) is 123 Å². The van der Waals surface area contributed by atoms with Crippen molar-refractivity contribution in [2.45, 2.75) is 140 Å². The Bertz CT molecular complexity index is 3180. The Hall–Kier alpha value is -5.91. The Morgan fingerprint density at radius 3 is 0.575 bits per heavy atom. The molecule has 0 N–H and O–H groups in total. The van der Waals surface area contributed by atoms with Gasteiger partial charge in [0, 0.05) is 39.3 Å². The van der Waals surface area contributed by atoms with E-state index >= 15 is 0 Å². The summed E-state index contributed by atoms with van der Waals surface area (Å²) in [5, 5.41) is 76.6. The zero-order valence-electron chi connectivity index (χ0n) is 50.4. The molecule has 7 rings (SSSR count). The molecule has 0 aliphatic rings. The summed E-state index contributed by atoms with van der Waals surface area (Å²) in [4.78, 5) is 4.06. The quantitative estimate of drug-likeness (QED) is 0.0477. The summed E-state index contributed by atoms with van der Waals surface area (Å²) in [6, 6.07) is 33.0. The van der Waals surface area contributed by atoms with E-state index in [0.29, 0.717) is 106 Å². The smallest absolute Gasteiger partial charge is 0.872 e. The summed E-state index contributed by atoms with van der Waals surface area (Å²) in [5.74, 6) is 0.0897. The van der Waals surface area contributed by atoms with Crippen LogP contribution in [0.1, 0.15) is 106 Å². The fourth-order valence-corrected chi connectivity index (χ4v) is 9.27. The van der Waals surface area contributed by atoms with E-state index in [2.05, 4.69) is 19.1 Å². The maximum Gasteiger partial charge on any atom is 4.00 e. The molecular formula is C63H68F6N2O12S2Ti2. The predicted molar refractivity (Wildman–Crippen MR) is 301 cm³/mol. The molecular weight excluding hydrogens is 1250 g/mol. The van der Waals surface area contributed by atoms with E-state index in [1.807, 2.05) is 184 Å². The zero-order chi connectivity index (χ0) is 64.9. The molecule has 0 fully saturated rings. The van der Waals surface area contributed by atoms with Crippen LogP contribution in [0.5, 0.6) is 34.5 Å². The molecule has 14 nitrogen and oxygen atoms in total. The zero-order valence-corrected chi connectivity index (χ0v) is 55.2. The molecule has 464 valence electrons. The molecule has 0 aliphatic heterocycles. The number of nitrogens with zero attached hydrogens (tertiary/aromatic N) is 2. The molecule has 0 unspecified atom stereocenters. The SMILES string of the molecule is Cc1cc(C)c([O-])c(CN(Cc2cc(C)cc(C)c2[O-])Cc2cc(C)cc(C)c2[O-])c1.Cc1cc(C)c([O-])c(CN(Cc2cc(C)cc(C)c2[O-])Cc2cc(C)cc(C)c2[O-])c1.Cc1ccccc1.O=S(=O)([O-])C(F)(F)F.O=S(=O)([O-])C(F)(F)F.[Ti+4].[Ti+4]. The normalized spacial score (nSPS) is 11.3. The summed E-state index contributed by atoms with van der Waals surface area (Å²) in [6.07, 6.45) is 0. The van der Waals surface area contributed by atoms with Crippen molar-refractivity contribution < 1.29 is 126 Å². The third kappa shape index (κ3) is 24.9. The van der Waals surface area contributed by atoms with Crippen LogP contribution in [-0.4, -0.2) is 46.8 Å². The fraction of sp³-hybridized carbons (Fsp3) is 0.333. The van der Waals surface area contributed by atoms with Gasteiger partial charge in [0.2, 0.25) is 0 Å². The second-order valence-electron chi connectivity index (χ2n) is 21.2. The van der Waals surface area contributed by atoms with Crippen LogP contribution in [0.2, 0.25) is 0 Å². The van der Waals surface area contributed by atoms with Crippen molar-refractivity contribution in [2.24, 2.45) is 0 Å². The summed E-state index contributed by atoms with van der Waals surface area (Å²) in [7, 11) is -12.2. The topological polar surface area (TPSA) is 259 Å². The minimum Gasteiger partial charge on any atom is -0.872 e. The molecule has 87 heavy (non-hydrogen) atoms. The number of hydrogen-bond donors (Lipinski definition) is 0. The van der Waals surface area contributed by atoms with E-state index in [-0.39, 0.29) is 77.9 Å². The first-order valence-electron chi connectivity index (χ1n) is 26.1. The Morgan fingerprint density at radius 1 is 0.310 bits per heavy atom. The van der Waals surface area contributed by atoms with Gasteiger partial charge < -0.3 is 39.7 Å². The van der Waals surface area contributed by atoms with E-state index in [4.69, 9.17) is 25.9 Å². The summed E-state index contributed by atoms with van der Waals surface area (Å²) in [5.41, 5.74) is 4.57. The van der Waals surface area contributed by atoms with E-state index in [1.54, 1.807) is 0 Å². The van der Waals surface area contributed by atoms with Gasteiger partial charge in [0.15, 0.2) is 20.2 Å². The van der Waals surface area contributed by atoms with Crippen LogP contribution in [0, 0.1) is 90.0 Å². The van der Waals surface area contributed by atoms with Crippen molar-refractivity contribution in [3.63, 3.8) is 0 Å². The van der Waals surface area contributed by atoms with Gasteiger partial charge in [-0.25, -0.2) is 16.8 Å². The molecule has 0 bridgehead atoms. The summed E-state index contributed by atoms with van der Waals surface area (Å²) < 4.78 is 118. The predicted octanol–water partition coefficient (Wildman–Crippen LogP) is 10.0. The number of aryl methyl sites for hydroxylation is 13. The van der Waals surface area contributed by atoms with Crippen LogP contribution in [0.25, 0.3) is 0 Å². The van der Waals surface area contributed by atoms with Crippen molar-refractivity contribution in [1.82, 2.24) is 9.80 Å². The summed E-state index contributed by atoms with van der Waals surface area (Å²) >= 11 is 0. The first-order chi connectivity index (χ1) is 39.0. The van der Waals surface area contributed by atoms with Crippen LogP contribution in [0.15, 0.2) is 103 Å². The maximum atomic E-state index is 12.8. The van der Waals surface area contributed by atoms with Crippen LogP contribution >= 0.6 is 0 Å². The average Bonchev–Trinajstić information content (AvgIpc) is 1.73. The van der Waals surface area contributed by atoms with E-state index in [0.717, 1.165) is 33.4 Å². The molecule has 0 heterocycles. The number of hydrogen-bond acceptors (Lipinski definition) is 14. The Labute approximate surface area is 536 Å². The first-order valence-corrected chi connectivity index (χ1v) is 28.9. The maximum absolute atomic E-state index is 12.8. The van der Waals surface area contributed by atoms with E-state index < -0.39 is 31.3 Å². The summed E-state index contributed by atoms with van der Waals surface area (Å²) in [6.45, 7) is 27.1. The van der Waals surface area contributed by atoms with E-state index in [9.17, 15) is 57.0 Å². The fourth-order valence-electron chi connectivity index (χ4n) is 9.27.